The fourth-order valence-corrected chi connectivity index (χ4v) is 5.53. The van der Waals surface area contributed by atoms with Crippen molar-refractivity contribution in [3.63, 3.8) is 0 Å². The molecule has 0 radical (unpaired) electrons. The maximum absolute atomic E-state index is 13.8. The van der Waals surface area contributed by atoms with E-state index in [0.29, 0.717) is 12.1 Å². The zero-order valence-electron chi connectivity index (χ0n) is 20.4. The molecule has 5 rings (SSSR count). The van der Waals surface area contributed by atoms with E-state index in [2.05, 4.69) is 43.0 Å². The number of hydrogen-bond donors (Lipinski definition) is 0. The molecule has 1 aliphatic heterocycles. The van der Waals surface area contributed by atoms with Gasteiger partial charge < -0.3 is 4.74 Å². The highest BCUT2D eigenvalue weighted by Gasteiger charge is 2.22. The Labute approximate surface area is 211 Å². The molecule has 1 amide bonds. The molecule has 5 nitrogen and oxygen atoms in total. The first-order valence-corrected chi connectivity index (χ1v) is 13.1. The van der Waals surface area contributed by atoms with Crippen LogP contribution in [0.3, 0.4) is 0 Å². The zero-order valence-corrected chi connectivity index (χ0v) is 21.2. The summed E-state index contributed by atoms with van der Waals surface area (Å²) in [6.45, 7) is 9.27. The fourth-order valence-electron chi connectivity index (χ4n) is 4.48. The van der Waals surface area contributed by atoms with E-state index in [-0.39, 0.29) is 5.91 Å². The van der Waals surface area contributed by atoms with Crippen LogP contribution < -0.4 is 4.90 Å². The molecule has 2 heterocycles. The van der Waals surface area contributed by atoms with Crippen LogP contribution in [0.25, 0.3) is 21.3 Å². The lowest BCUT2D eigenvalue weighted by atomic mass is 10.0. The molecule has 0 aliphatic carbocycles. The maximum atomic E-state index is 13.8. The van der Waals surface area contributed by atoms with Crippen LogP contribution >= 0.6 is 11.3 Å². The van der Waals surface area contributed by atoms with Crippen molar-refractivity contribution in [2.45, 2.75) is 20.3 Å². The third-order valence-corrected chi connectivity index (χ3v) is 7.79. The summed E-state index contributed by atoms with van der Waals surface area (Å²) in [5.41, 5.74) is 6.32. The quantitative estimate of drug-likeness (QED) is 0.325. The minimum atomic E-state index is 0.0000188. The molecule has 180 valence electrons. The fraction of sp³-hybridized carbons (Fsp3) is 0.310. The molecule has 1 aromatic heterocycles. The van der Waals surface area contributed by atoms with Crippen molar-refractivity contribution < 1.29 is 9.53 Å². The van der Waals surface area contributed by atoms with Gasteiger partial charge in [-0.2, -0.15) is 0 Å². The second-order valence-corrected chi connectivity index (χ2v) is 10.1. The third kappa shape index (κ3) is 5.30. The number of benzene rings is 3. The van der Waals surface area contributed by atoms with Gasteiger partial charge in [0.25, 0.3) is 5.91 Å². The van der Waals surface area contributed by atoms with Gasteiger partial charge in [0.1, 0.15) is 0 Å². The predicted molar refractivity (Wildman–Crippen MR) is 145 cm³/mol. The number of hydrogen-bond acceptors (Lipinski definition) is 5. The van der Waals surface area contributed by atoms with Gasteiger partial charge in [0.2, 0.25) is 0 Å². The summed E-state index contributed by atoms with van der Waals surface area (Å²) < 4.78 is 6.59. The zero-order chi connectivity index (χ0) is 24.2. The van der Waals surface area contributed by atoms with Crippen molar-refractivity contribution in [3.05, 3.63) is 83.4 Å². The Balaban J connectivity index is 1.41. The minimum absolute atomic E-state index is 0.0000188. The second-order valence-electron chi connectivity index (χ2n) is 9.06. The van der Waals surface area contributed by atoms with E-state index in [4.69, 9.17) is 9.72 Å². The molecule has 0 bridgehead atoms. The lowest BCUT2D eigenvalue weighted by Crippen LogP contribution is -2.39. The van der Waals surface area contributed by atoms with E-state index < -0.39 is 0 Å². The summed E-state index contributed by atoms with van der Waals surface area (Å²) in [6, 6.07) is 22.4. The van der Waals surface area contributed by atoms with Crippen LogP contribution in [0.2, 0.25) is 0 Å². The number of morpholine rings is 1. The summed E-state index contributed by atoms with van der Waals surface area (Å²) in [5.74, 6) is 0.0000188. The lowest BCUT2D eigenvalue weighted by Gasteiger charge is -2.27. The second kappa shape index (κ2) is 10.7. The van der Waals surface area contributed by atoms with Crippen LogP contribution in [0.5, 0.6) is 0 Å². The molecule has 1 aliphatic rings. The van der Waals surface area contributed by atoms with Crippen LogP contribution in [0, 0.1) is 13.8 Å². The molecule has 1 fully saturated rings. The van der Waals surface area contributed by atoms with Crippen LogP contribution in [0.15, 0.2) is 66.7 Å². The number of aryl methyl sites for hydroxylation is 2. The number of rotatable bonds is 7. The molecule has 1 saturated heterocycles. The van der Waals surface area contributed by atoms with E-state index >= 15 is 0 Å². The Morgan fingerprint density at radius 3 is 2.43 bits per heavy atom. The van der Waals surface area contributed by atoms with Crippen molar-refractivity contribution in [3.8, 4) is 11.1 Å². The van der Waals surface area contributed by atoms with Gasteiger partial charge in [-0.1, -0.05) is 59.9 Å². The van der Waals surface area contributed by atoms with Crippen LogP contribution in [0.4, 0.5) is 5.13 Å². The maximum Gasteiger partial charge on any atom is 0.260 e. The highest BCUT2D eigenvalue weighted by atomic mass is 32.1. The van der Waals surface area contributed by atoms with Gasteiger partial charge in [-0.15, -0.1) is 0 Å². The van der Waals surface area contributed by atoms with Gasteiger partial charge in [-0.05, 0) is 60.7 Å². The van der Waals surface area contributed by atoms with Gasteiger partial charge in [0, 0.05) is 31.7 Å². The predicted octanol–water partition coefficient (Wildman–Crippen LogP) is 5.95. The number of carbonyl (C=O) groups excluding carboxylic acids is 1. The van der Waals surface area contributed by atoms with E-state index in [1.54, 1.807) is 11.3 Å². The van der Waals surface area contributed by atoms with E-state index in [1.165, 1.54) is 11.1 Å². The first kappa shape index (κ1) is 23.7. The van der Waals surface area contributed by atoms with E-state index in [0.717, 1.165) is 65.7 Å². The highest BCUT2D eigenvalue weighted by molar-refractivity contribution is 7.22. The van der Waals surface area contributed by atoms with E-state index in [9.17, 15) is 4.79 Å². The molecule has 0 atom stereocenters. The molecular formula is C29H31N3O2S. The minimum Gasteiger partial charge on any atom is -0.379 e. The normalized spacial score (nSPS) is 14.3. The third-order valence-electron chi connectivity index (χ3n) is 6.75. The standard InChI is InChI=1S/C29H31N3O2S/c1-21-9-14-26-27(22(21)2)30-29(35-26)32(16-6-15-31-17-19-34-20-18-31)28(33)25-12-10-24(11-13-25)23-7-4-3-5-8-23/h3-5,7-14H,6,15-20H2,1-2H3. The first-order chi connectivity index (χ1) is 17.1. The topological polar surface area (TPSA) is 45.7 Å². The summed E-state index contributed by atoms with van der Waals surface area (Å²) in [5, 5.41) is 0.771. The molecule has 6 heteroatoms. The van der Waals surface area contributed by atoms with Crippen LogP contribution in [-0.4, -0.2) is 55.2 Å². The number of nitrogens with zero attached hydrogens (tertiary/aromatic N) is 3. The van der Waals surface area contributed by atoms with Crippen molar-refractivity contribution in [1.82, 2.24) is 9.88 Å². The molecule has 0 spiro atoms. The Morgan fingerprint density at radius 1 is 0.971 bits per heavy atom. The average molecular weight is 486 g/mol. The summed E-state index contributed by atoms with van der Waals surface area (Å²) in [7, 11) is 0. The summed E-state index contributed by atoms with van der Waals surface area (Å²) >= 11 is 1.60. The molecule has 0 N–H and O–H groups in total. The Kier molecular flexibility index (Phi) is 7.23. The average Bonchev–Trinajstić information content (AvgIpc) is 3.34. The molecule has 0 saturated carbocycles. The highest BCUT2D eigenvalue weighted by Crippen LogP contribution is 2.33. The number of fused-ring (bicyclic) bond motifs is 1. The molecule has 3 aromatic carbocycles. The Hall–Kier alpha value is -3.06. The number of carbonyl (C=O) groups is 1. The number of amides is 1. The molecule has 35 heavy (non-hydrogen) atoms. The van der Waals surface area contributed by atoms with Crippen LogP contribution in [-0.2, 0) is 4.74 Å². The van der Waals surface area contributed by atoms with Gasteiger partial charge in [-0.3, -0.25) is 14.6 Å². The van der Waals surface area contributed by atoms with Gasteiger partial charge in [0.05, 0.1) is 23.4 Å². The van der Waals surface area contributed by atoms with Crippen molar-refractivity contribution >= 4 is 32.6 Å². The summed E-state index contributed by atoms with van der Waals surface area (Å²) in [4.78, 5) is 23.0. The smallest absolute Gasteiger partial charge is 0.260 e. The van der Waals surface area contributed by atoms with E-state index in [1.807, 2.05) is 47.4 Å². The van der Waals surface area contributed by atoms with Crippen molar-refractivity contribution in [2.75, 3.05) is 44.3 Å². The number of anilines is 1. The Morgan fingerprint density at radius 2 is 1.69 bits per heavy atom. The number of ether oxygens (including phenoxy) is 1. The SMILES string of the molecule is Cc1ccc2sc(N(CCCN3CCOCC3)C(=O)c3ccc(-c4ccccc4)cc3)nc2c1C. The van der Waals surface area contributed by atoms with Gasteiger partial charge in [0.15, 0.2) is 5.13 Å². The molecule has 0 unspecified atom stereocenters. The monoisotopic (exact) mass is 485 g/mol. The summed E-state index contributed by atoms with van der Waals surface area (Å²) in [6.07, 6.45) is 0.891. The number of aromatic nitrogens is 1. The van der Waals surface area contributed by atoms with Gasteiger partial charge >= 0.3 is 0 Å². The van der Waals surface area contributed by atoms with Crippen molar-refractivity contribution in [1.29, 1.82) is 0 Å². The number of thiazole rings is 1. The largest absolute Gasteiger partial charge is 0.379 e. The van der Waals surface area contributed by atoms with Crippen molar-refractivity contribution in [2.24, 2.45) is 0 Å². The molecular weight excluding hydrogens is 454 g/mol. The first-order valence-electron chi connectivity index (χ1n) is 12.2. The molecule has 4 aromatic rings. The van der Waals surface area contributed by atoms with Gasteiger partial charge in [-0.25, -0.2) is 4.98 Å². The lowest BCUT2D eigenvalue weighted by molar-refractivity contribution is 0.0376. The van der Waals surface area contributed by atoms with Crippen LogP contribution in [0.1, 0.15) is 27.9 Å². The Bertz CT molecular complexity index is 1300.